The molecule has 1 saturated heterocycles. The van der Waals surface area contributed by atoms with Gasteiger partial charge in [0.2, 0.25) is 11.8 Å². The number of carbonyl (C=O) groups excluding carboxylic acids is 2. The zero-order valence-electron chi connectivity index (χ0n) is 15.2. The van der Waals surface area contributed by atoms with E-state index in [9.17, 15) is 34.5 Å². The van der Waals surface area contributed by atoms with Gasteiger partial charge in [-0.1, -0.05) is 0 Å². The average Bonchev–Trinajstić information content (AvgIpc) is 2.94. The van der Waals surface area contributed by atoms with Crippen LogP contribution in [0.3, 0.4) is 0 Å². The van der Waals surface area contributed by atoms with Crippen molar-refractivity contribution in [2.45, 2.75) is 49.5 Å². The number of aliphatic hydroxyl groups is 3. The minimum absolute atomic E-state index is 0.111. The molecular weight excluding hydrogens is 414 g/mol. The van der Waals surface area contributed by atoms with Gasteiger partial charge in [0.25, 0.3) is 0 Å². The van der Waals surface area contributed by atoms with Gasteiger partial charge < -0.3 is 40.9 Å². The molecule has 8 N–H and O–H groups in total. The molecular formula is C15H25N3O10S. The lowest BCUT2D eigenvalue weighted by Gasteiger charge is -2.22. The first kappa shape index (κ1) is 25.1. The lowest BCUT2D eigenvalue weighted by Crippen LogP contribution is -2.50. The fourth-order valence-corrected chi connectivity index (χ4v) is 2.79. The summed E-state index contributed by atoms with van der Waals surface area (Å²) in [6.07, 6.45) is -5.80. The van der Waals surface area contributed by atoms with E-state index in [0.717, 1.165) is 0 Å². The summed E-state index contributed by atoms with van der Waals surface area (Å²) < 4.78 is 5.15. The second-order valence-electron chi connectivity index (χ2n) is 6.27. The Bertz CT molecular complexity index is 607. The van der Waals surface area contributed by atoms with Gasteiger partial charge in [-0.15, -0.1) is 0 Å². The van der Waals surface area contributed by atoms with Crippen LogP contribution in [0.2, 0.25) is 0 Å². The van der Waals surface area contributed by atoms with E-state index in [1.54, 1.807) is 0 Å². The van der Waals surface area contributed by atoms with Crippen LogP contribution in [0, 0.1) is 0 Å². The molecule has 1 fully saturated rings. The van der Waals surface area contributed by atoms with Gasteiger partial charge >= 0.3 is 11.9 Å². The number of carboxylic acids is 2. The van der Waals surface area contributed by atoms with Crippen LogP contribution in [0.1, 0.15) is 12.8 Å². The van der Waals surface area contributed by atoms with E-state index in [0.29, 0.717) is 0 Å². The summed E-state index contributed by atoms with van der Waals surface area (Å²) in [5.74, 6) is -4.15. The Hall–Kier alpha value is -1.97. The third-order valence-electron chi connectivity index (χ3n) is 4.11. The summed E-state index contributed by atoms with van der Waals surface area (Å²) >= 11 is 3.91. The predicted molar refractivity (Wildman–Crippen MR) is 98.0 cm³/mol. The lowest BCUT2D eigenvalue weighted by molar-refractivity contribution is -0.142. The number of thiol groups is 1. The molecule has 0 bridgehead atoms. The highest BCUT2D eigenvalue weighted by molar-refractivity contribution is 7.80. The molecule has 0 aromatic heterocycles. The third-order valence-corrected chi connectivity index (χ3v) is 4.48. The highest BCUT2D eigenvalue weighted by Gasteiger charge is 2.43. The zero-order valence-corrected chi connectivity index (χ0v) is 16.1. The van der Waals surface area contributed by atoms with Crippen LogP contribution in [0.25, 0.3) is 0 Å². The van der Waals surface area contributed by atoms with E-state index in [-0.39, 0.29) is 18.6 Å². The standard InChI is InChI=1S/C15H25N3O10S/c19-4-8-11(23)12(24)14(28-8)18-6(15(26)27)1-2-9(20)17-7(5-29)13(25)16-3-10(21)22/h6-8,11-12,14,18-19,23-24,29H,1-5H2,(H,16,25)(H,17,20)(H,21,22)(H,26,27)/t6?,7?,8-,11-,12-,14?/m1/s1. The smallest absolute Gasteiger partial charge is 0.322 e. The predicted octanol–water partition coefficient (Wildman–Crippen LogP) is -4.14. The van der Waals surface area contributed by atoms with Crippen molar-refractivity contribution in [2.24, 2.45) is 0 Å². The summed E-state index contributed by atoms with van der Waals surface area (Å²) in [4.78, 5) is 45.7. The Balaban J connectivity index is 2.56. The molecule has 0 saturated carbocycles. The Morgan fingerprint density at radius 3 is 2.21 bits per heavy atom. The molecule has 1 aliphatic rings. The van der Waals surface area contributed by atoms with Crippen molar-refractivity contribution >= 4 is 36.4 Å². The van der Waals surface area contributed by atoms with E-state index in [4.69, 9.17) is 14.9 Å². The molecule has 0 aliphatic carbocycles. The zero-order chi connectivity index (χ0) is 22.1. The maximum absolute atomic E-state index is 12.0. The first-order valence-corrected chi connectivity index (χ1v) is 9.25. The number of carbonyl (C=O) groups is 4. The van der Waals surface area contributed by atoms with Gasteiger partial charge in [-0.2, -0.15) is 12.6 Å². The molecule has 1 rings (SSSR count). The van der Waals surface area contributed by atoms with Crippen LogP contribution in [0.15, 0.2) is 0 Å². The van der Waals surface area contributed by atoms with Gasteiger partial charge in [-0.05, 0) is 6.42 Å². The molecule has 3 unspecified atom stereocenters. The largest absolute Gasteiger partial charge is 0.480 e. The minimum Gasteiger partial charge on any atom is -0.480 e. The lowest BCUT2D eigenvalue weighted by atomic mass is 10.1. The molecule has 0 radical (unpaired) electrons. The quantitative estimate of drug-likeness (QED) is 0.133. The molecule has 6 atom stereocenters. The molecule has 2 amide bonds. The van der Waals surface area contributed by atoms with Crippen LogP contribution < -0.4 is 16.0 Å². The third kappa shape index (κ3) is 7.75. The normalized spacial score (nSPS) is 25.8. The number of ether oxygens (including phenoxy) is 1. The van der Waals surface area contributed by atoms with Crippen molar-refractivity contribution in [2.75, 3.05) is 18.9 Å². The van der Waals surface area contributed by atoms with Crippen molar-refractivity contribution in [3.8, 4) is 0 Å². The van der Waals surface area contributed by atoms with Crippen molar-refractivity contribution in [3.05, 3.63) is 0 Å². The van der Waals surface area contributed by atoms with Gasteiger partial charge in [-0.25, -0.2) is 0 Å². The summed E-state index contributed by atoms with van der Waals surface area (Å²) in [5.41, 5.74) is 0. The van der Waals surface area contributed by atoms with E-state index < -0.39 is 73.5 Å². The second-order valence-corrected chi connectivity index (χ2v) is 6.63. The van der Waals surface area contributed by atoms with Crippen molar-refractivity contribution < 1.29 is 49.4 Å². The number of aliphatic carboxylic acids is 2. The van der Waals surface area contributed by atoms with Crippen molar-refractivity contribution in [1.29, 1.82) is 0 Å². The maximum atomic E-state index is 12.0. The number of hydrogen-bond donors (Lipinski definition) is 9. The molecule has 14 heteroatoms. The van der Waals surface area contributed by atoms with Gasteiger partial charge in [0.15, 0.2) is 0 Å². The first-order valence-electron chi connectivity index (χ1n) is 8.61. The minimum atomic E-state index is -1.48. The number of hydrogen-bond acceptors (Lipinski definition) is 10. The van der Waals surface area contributed by atoms with E-state index in [1.165, 1.54) is 0 Å². The molecule has 0 aromatic carbocycles. The summed E-state index contributed by atoms with van der Waals surface area (Å²) in [7, 11) is 0. The van der Waals surface area contributed by atoms with Crippen molar-refractivity contribution in [1.82, 2.24) is 16.0 Å². The van der Waals surface area contributed by atoms with Crippen LogP contribution in [0.4, 0.5) is 0 Å². The Morgan fingerprint density at radius 2 is 1.72 bits per heavy atom. The number of nitrogens with one attached hydrogen (secondary N) is 3. The molecule has 13 nitrogen and oxygen atoms in total. The fourth-order valence-electron chi connectivity index (χ4n) is 2.54. The van der Waals surface area contributed by atoms with Gasteiger partial charge in [0.05, 0.1) is 6.61 Å². The number of aliphatic hydroxyl groups excluding tert-OH is 3. The monoisotopic (exact) mass is 439 g/mol. The molecule has 166 valence electrons. The summed E-state index contributed by atoms with van der Waals surface area (Å²) in [5, 5.41) is 53.3. The fraction of sp³-hybridized carbons (Fsp3) is 0.733. The van der Waals surface area contributed by atoms with Crippen LogP contribution in [-0.4, -0.2) is 105 Å². The highest BCUT2D eigenvalue weighted by Crippen LogP contribution is 2.20. The molecule has 0 spiro atoms. The van der Waals surface area contributed by atoms with Crippen LogP contribution >= 0.6 is 12.6 Å². The second kappa shape index (κ2) is 11.9. The highest BCUT2D eigenvalue weighted by atomic mass is 32.1. The Kier molecular flexibility index (Phi) is 10.3. The van der Waals surface area contributed by atoms with Gasteiger partial charge in [-0.3, -0.25) is 24.5 Å². The summed E-state index contributed by atoms with van der Waals surface area (Å²) in [6.45, 7) is -1.21. The first-order chi connectivity index (χ1) is 13.6. The number of carboxylic acid groups (broad SMARTS) is 2. The Morgan fingerprint density at radius 1 is 1.07 bits per heavy atom. The number of rotatable bonds is 12. The van der Waals surface area contributed by atoms with Crippen molar-refractivity contribution in [3.63, 3.8) is 0 Å². The van der Waals surface area contributed by atoms with E-state index >= 15 is 0 Å². The Labute approximate surface area is 170 Å². The van der Waals surface area contributed by atoms with Crippen LogP contribution in [-0.2, 0) is 23.9 Å². The van der Waals surface area contributed by atoms with E-state index in [1.807, 2.05) is 0 Å². The topological polar surface area (TPSA) is 215 Å². The molecule has 1 heterocycles. The average molecular weight is 439 g/mol. The van der Waals surface area contributed by atoms with E-state index in [2.05, 4.69) is 28.6 Å². The molecule has 29 heavy (non-hydrogen) atoms. The van der Waals surface area contributed by atoms with Gasteiger partial charge in [0, 0.05) is 12.2 Å². The SMILES string of the molecule is O=C(O)CNC(=O)C(CS)NC(=O)CCC(NC1O[C@H](CO)[C@@H](O)[C@H]1O)C(=O)O. The molecule has 1 aliphatic heterocycles. The molecule has 0 aromatic rings. The van der Waals surface area contributed by atoms with Gasteiger partial charge in [0.1, 0.15) is 43.2 Å². The summed E-state index contributed by atoms with van der Waals surface area (Å²) in [6, 6.07) is -2.44. The number of amides is 2. The van der Waals surface area contributed by atoms with Crippen LogP contribution in [0.5, 0.6) is 0 Å². The maximum Gasteiger partial charge on any atom is 0.322 e.